The molecule has 0 aromatic heterocycles. The Morgan fingerprint density at radius 3 is 2.26 bits per heavy atom. The van der Waals surface area contributed by atoms with E-state index >= 15 is 0 Å². The summed E-state index contributed by atoms with van der Waals surface area (Å²) >= 11 is 0. The van der Waals surface area contributed by atoms with Crippen molar-refractivity contribution in [3.8, 4) is 5.75 Å². The molecule has 2 aromatic carbocycles. The summed E-state index contributed by atoms with van der Waals surface area (Å²) in [4.78, 5) is 47.5. The third kappa shape index (κ3) is 7.93. The van der Waals surface area contributed by atoms with Gasteiger partial charge in [0.15, 0.2) is 19.0 Å². The summed E-state index contributed by atoms with van der Waals surface area (Å²) in [5.41, 5.74) is 1.18. The molecule has 0 heterocycles. The van der Waals surface area contributed by atoms with E-state index in [9.17, 15) is 19.2 Å². The van der Waals surface area contributed by atoms with Gasteiger partial charge in [-0.25, -0.2) is 4.79 Å². The Kier molecular flexibility index (Phi) is 8.75. The van der Waals surface area contributed by atoms with Gasteiger partial charge in [0.05, 0.1) is 11.3 Å². The molecule has 0 aliphatic rings. The molecule has 8 nitrogen and oxygen atoms in total. The standard InChI is InChI=1S/C23H26N2O6/c1-15(2)12-24-23(29)19-6-4-5-7-20(19)25-21(27)13-31-22(28)14-30-18-10-8-17(9-11-18)16(3)26/h4-11,15H,12-14H2,1-3H3,(H,24,29)(H,25,27). The molecule has 2 amide bonds. The van der Waals surface area contributed by atoms with Crippen molar-refractivity contribution in [3.05, 3.63) is 59.7 Å². The van der Waals surface area contributed by atoms with Crippen molar-refractivity contribution in [2.45, 2.75) is 20.8 Å². The number of Topliss-reactive ketones (excluding diaryl/α,β-unsaturated/α-hetero) is 1. The topological polar surface area (TPSA) is 111 Å². The van der Waals surface area contributed by atoms with E-state index < -0.39 is 18.5 Å². The number of rotatable bonds is 10. The zero-order valence-corrected chi connectivity index (χ0v) is 17.8. The maximum atomic E-state index is 12.3. The van der Waals surface area contributed by atoms with Crippen LogP contribution in [0, 0.1) is 5.92 Å². The average Bonchev–Trinajstić information content (AvgIpc) is 2.75. The summed E-state index contributed by atoms with van der Waals surface area (Å²) in [6.07, 6.45) is 0. The molecule has 0 unspecified atom stereocenters. The Morgan fingerprint density at radius 1 is 0.935 bits per heavy atom. The monoisotopic (exact) mass is 426 g/mol. The van der Waals surface area contributed by atoms with E-state index in [0.29, 0.717) is 35.0 Å². The normalized spacial score (nSPS) is 10.3. The highest BCUT2D eigenvalue weighted by Gasteiger charge is 2.14. The molecule has 2 aromatic rings. The van der Waals surface area contributed by atoms with E-state index in [-0.39, 0.29) is 18.3 Å². The molecule has 0 radical (unpaired) electrons. The fourth-order valence-corrected chi connectivity index (χ4v) is 2.48. The second kappa shape index (κ2) is 11.5. The first-order valence-corrected chi connectivity index (χ1v) is 9.82. The van der Waals surface area contributed by atoms with Crippen LogP contribution in [0.3, 0.4) is 0 Å². The van der Waals surface area contributed by atoms with E-state index in [2.05, 4.69) is 10.6 Å². The molecule has 31 heavy (non-hydrogen) atoms. The summed E-state index contributed by atoms with van der Waals surface area (Å²) < 4.78 is 10.2. The predicted molar refractivity (Wildman–Crippen MR) is 115 cm³/mol. The SMILES string of the molecule is CC(=O)c1ccc(OCC(=O)OCC(=O)Nc2ccccc2C(=O)NCC(C)C)cc1. The van der Waals surface area contributed by atoms with Gasteiger partial charge in [-0.15, -0.1) is 0 Å². The molecule has 0 spiro atoms. The largest absolute Gasteiger partial charge is 0.482 e. The fraction of sp³-hybridized carbons (Fsp3) is 0.304. The molecule has 0 saturated carbocycles. The average molecular weight is 426 g/mol. The lowest BCUT2D eigenvalue weighted by atomic mass is 10.1. The van der Waals surface area contributed by atoms with Crippen LogP contribution < -0.4 is 15.4 Å². The smallest absolute Gasteiger partial charge is 0.344 e. The van der Waals surface area contributed by atoms with Crippen molar-refractivity contribution in [3.63, 3.8) is 0 Å². The van der Waals surface area contributed by atoms with E-state index in [1.54, 1.807) is 48.5 Å². The third-order valence-corrected chi connectivity index (χ3v) is 4.10. The van der Waals surface area contributed by atoms with Gasteiger partial charge in [-0.1, -0.05) is 26.0 Å². The van der Waals surface area contributed by atoms with Crippen LogP contribution in [0.25, 0.3) is 0 Å². The first-order chi connectivity index (χ1) is 14.8. The molecular weight excluding hydrogens is 400 g/mol. The lowest BCUT2D eigenvalue weighted by Gasteiger charge is -2.12. The highest BCUT2D eigenvalue weighted by atomic mass is 16.6. The molecule has 2 rings (SSSR count). The lowest BCUT2D eigenvalue weighted by Crippen LogP contribution is -2.29. The number of carbonyl (C=O) groups is 4. The van der Waals surface area contributed by atoms with Gasteiger partial charge < -0.3 is 20.1 Å². The second-order valence-electron chi connectivity index (χ2n) is 7.23. The number of ether oxygens (including phenoxy) is 2. The lowest BCUT2D eigenvalue weighted by molar-refractivity contribution is -0.149. The molecule has 0 aliphatic heterocycles. The van der Waals surface area contributed by atoms with Crippen molar-refractivity contribution in [1.29, 1.82) is 0 Å². The molecule has 0 fully saturated rings. The van der Waals surface area contributed by atoms with Gasteiger partial charge in [-0.3, -0.25) is 14.4 Å². The number of ketones is 1. The Balaban J connectivity index is 1.81. The van der Waals surface area contributed by atoms with Crippen LogP contribution in [0.5, 0.6) is 5.75 Å². The van der Waals surface area contributed by atoms with Crippen molar-refractivity contribution in [1.82, 2.24) is 5.32 Å². The van der Waals surface area contributed by atoms with Crippen molar-refractivity contribution in [2.75, 3.05) is 25.1 Å². The number of esters is 1. The van der Waals surface area contributed by atoms with Crippen LogP contribution in [-0.2, 0) is 14.3 Å². The minimum atomic E-state index is -0.728. The zero-order chi connectivity index (χ0) is 22.8. The first kappa shape index (κ1) is 23.6. The Bertz CT molecular complexity index is 937. The number of benzene rings is 2. The molecule has 8 heteroatoms. The van der Waals surface area contributed by atoms with Crippen molar-refractivity contribution >= 4 is 29.3 Å². The molecule has 164 valence electrons. The second-order valence-corrected chi connectivity index (χ2v) is 7.23. The van der Waals surface area contributed by atoms with Gasteiger partial charge in [0.25, 0.3) is 11.8 Å². The third-order valence-electron chi connectivity index (χ3n) is 4.10. The number of anilines is 1. The van der Waals surface area contributed by atoms with Crippen LogP contribution in [0.15, 0.2) is 48.5 Å². The van der Waals surface area contributed by atoms with Crippen LogP contribution in [0.4, 0.5) is 5.69 Å². The van der Waals surface area contributed by atoms with Crippen LogP contribution in [0.2, 0.25) is 0 Å². The van der Waals surface area contributed by atoms with Crippen molar-refractivity contribution in [2.24, 2.45) is 5.92 Å². The number of hydrogen-bond donors (Lipinski definition) is 2. The van der Waals surface area contributed by atoms with Crippen LogP contribution in [0.1, 0.15) is 41.5 Å². The van der Waals surface area contributed by atoms with Gasteiger partial charge >= 0.3 is 5.97 Å². The number of para-hydroxylation sites is 1. The van der Waals surface area contributed by atoms with Gasteiger partial charge in [0.1, 0.15) is 5.75 Å². The van der Waals surface area contributed by atoms with Crippen molar-refractivity contribution < 1.29 is 28.7 Å². The fourth-order valence-electron chi connectivity index (χ4n) is 2.48. The summed E-state index contributed by atoms with van der Waals surface area (Å²) in [5.74, 6) is -0.995. The molecular formula is C23H26N2O6. The van der Waals surface area contributed by atoms with E-state index in [1.165, 1.54) is 6.92 Å². The molecule has 0 aliphatic carbocycles. The van der Waals surface area contributed by atoms with Gasteiger partial charge in [0, 0.05) is 12.1 Å². The quantitative estimate of drug-likeness (QED) is 0.446. The number of hydrogen-bond acceptors (Lipinski definition) is 6. The van der Waals surface area contributed by atoms with E-state index in [1.807, 2.05) is 13.8 Å². The maximum absolute atomic E-state index is 12.3. The van der Waals surface area contributed by atoms with Gasteiger partial charge in [0.2, 0.25) is 0 Å². The van der Waals surface area contributed by atoms with E-state index in [4.69, 9.17) is 9.47 Å². The predicted octanol–water partition coefficient (Wildman–Crippen LogP) is 2.84. The van der Waals surface area contributed by atoms with E-state index in [0.717, 1.165) is 0 Å². The minimum Gasteiger partial charge on any atom is -0.482 e. The molecule has 2 N–H and O–H groups in total. The van der Waals surface area contributed by atoms with Gasteiger partial charge in [-0.2, -0.15) is 0 Å². The first-order valence-electron chi connectivity index (χ1n) is 9.82. The molecule has 0 atom stereocenters. The number of nitrogens with one attached hydrogen (secondary N) is 2. The molecule has 0 saturated heterocycles. The van der Waals surface area contributed by atoms with Crippen LogP contribution in [-0.4, -0.2) is 43.3 Å². The van der Waals surface area contributed by atoms with Crippen LogP contribution >= 0.6 is 0 Å². The Labute approximate surface area is 180 Å². The number of carbonyl (C=O) groups excluding carboxylic acids is 4. The highest BCUT2D eigenvalue weighted by molar-refractivity contribution is 6.04. The summed E-state index contributed by atoms with van der Waals surface area (Å²) in [7, 11) is 0. The highest BCUT2D eigenvalue weighted by Crippen LogP contribution is 2.15. The minimum absolute atomic E-state index is 0.0732. The summed E-state index contributed by atoms with van der Waals surface area (Å²) in [6, 6.07) is 12.9. The van der Waals surface area contributed by atoms with Gasteiger partial charge in [-0.05, 0) is 49.2 Å². The maximum Gasteiger partial charge on any atom is 0.344 e. The summed E-state index contributed by atoms with van der Waals surface area (Å²) in [5, 5.41) is 5.37. The molecule has 0 bridgehead atoms. The summed E-state index contributed by atoms with van der Waals surface area (Å²) in [6.45, 7) is 5.01. The zero-order valence-electron chi connectivity index (χ0n) is 17.8. The Morgan fingerprint density at radius 2 is 1.61 bits per heavy atom. The Hall–Kier alpha value is -3.68. The number of amides is 2.